The van der Waals surface area contributed by atoms with Gasteiger partial charge in [-0.3, -0.25) is 14.5 Å². The predicted octanol–water partition coefficient (Wildman–Crippen LogP) is 4.86. The van der Waals surface area contributed by atoms with Crippen molar-refractivity contribution in [1.29, 1.82) is 0 Å². The van der Waals surface area contributed by atoms with Crippen molar-refractivity contribution in [3.05, 3.63) is 59.0 Å². The molecule has 3 aliphatic rings. The number of benzene rings is 1. The molecular weight excluding hydrogens is 512 g/mol. The number of likely N-dealkylation sites (tertiary alicyclic amines) is 1. The number of carbonyl (C=O) groups is 2. The molecule has 0 atom stereocenters. The second kappa shape index (κ2) is 9.93. The molecule has 2 amide bonds. The third-order valence-electron chi connectivity index (χ3n) is 8.21. The summed E-state index contributed by atoms with van der Waals surface area (Å²) in [6, 6.07) is 11.3. The number of hydrogen-bond acceptors (Lipinski definition) is 4. The molecule has 200 valence electrons. The molecule has 10 heteroatoms. The van der Waals surface area contributed by atoms with Crippen LogP contribution in [0.25, 0.3) is 16.6 Å². The summed E-state index contributed by atoms with van der Waals surface area (Å²) in [5.41, 5.74) is 2.27. The van der Waals surface area contributed by atoms with Gasteiger partial charge in [0, 0.05) is 75.3 Å². The van der Waals surface area contributed by atoms with Gasteiger partial charge in [0.25, 0.3) is 17.7 Å². The molecule has 7 nitrogen and oxygen atoms in total. The second-order valence-corrected chi connectivity index (χ2v) is 10.9. The topological polar surface area (TPSA) is 61.7 Å². The van der Waals surface area contributed by atoms with Gasteiger partial charge in [-0.05, 0) is 49.2 Å². The number of piperidine rings is 1. The standard InChI is InChI=1S/C28H30ClF2N5O2/c29-25-18-22(6-9-32-25)36-23-5-4-19(26(37)35-14-12-33(13-15-35)21-2-1-3-21)16-20(23)17-24(36)27(38)34-10-7-28(30,31)8-11-34/h4-6,9,16-18,21H,1-3,7-8,10-15H2. The van der Waals surface area contributed by atoms with Gasteiger partial charge in [-0.1, -0.05) is 18.0 Å². The maximum Gasteiger partial charge on any atom is 0.270 e. The van der Waals surface area contributed by atoms with Crippen LogP contribution in [0, 0.1) is 0 Å². The van der Waals surface area contributed by atoms with Crippen molar-refractivity contribution in [1.82, 2.24) is 24.3 Å². The summed E-state index contributed by atoms with van der Waals surface area (Å²) < 4.78 is 29.3. The number of nitrogens with zero attached hydrogens (tertiary/aromatic N) is 5. The van der Waals surface area contributed by atoms with E-state index in [0.29, 0.717) is 36.1 Å². The number of halogens is 3. The van der Waals surface area contributed by atoms with Crippen molar-refractivity contribution in [3.8, 4) is 5.69 Å². The van der Waals surface area contributed by atoms with Crippen LogP contribution in [0.5, 0.6) is 0 Å². The normalized spacial score (nSPS) is 20.5. The minimum atomic E-state index is -2.75. The van der Waals surface area contributed by atoms with E-state index in [4.69, 9.17) is 11.6 Å². The predicted molar refractivity (Wildman–Crippen MR) is 141 cm³/mol. The Kier molecular flexibility index (Phi) is 6.60. The van der Waals surface area contributed by atoms with Crippen molar-refractivity contribution in [3.63, 3.8) is 0 Å². The monoisotopic (exact) mass is 541 g/mol. The first-order chi connectivity index (χ1) is 18.3. The Morgan fingerprint density at radius 3 is 2.26 bits per heavy atom. The summed E-state index contributed by atoms with van der Waals surface area (Å²) in [6.45, 7) is 3.17. The number of aromatic nitrogens is 2. The summed E-state index contributed by atoms with van der Waals surface area (Å²) in [4.78, 5) is 36.9. The van der Waals surface area contributed by atoms with E-state index >= 15 is 0 Å². The van der Waals surface area contributed by atoms with Crippen LogP contribution < -0.4 is 0 Å². The maximum absolute atomic E-state index is 13.8. The van der Waals surface area contributed by atoms with Crippen LogP contribution >= 0.6 is 11.6 Å². The number of alkyl halides is 2. The van der Waals surface area contributed by atoms with Crippen LogP contribution in [-0.2, 0) is 0 Å². The van der Waals surface area contributed by atoms with Gasteiger partial charge in [-0.15, -0.1) is 0 Å². The van der Waals surface area contributed by atoms with Gasteiger partial charge < -0.3 is 14.4 Å². The molecule has 3 fully saturated rings. The van der Waals surface area contributed by atoms with Crippen molar-refractivity contribution in [2.24, 2.45) is 0 Å². The fourth-order valence-corrected chi connectivity index (χ4v) is 5.91. The molecule has 2 aliphatic heterocycles. The lowest BCUT2D eigenvalue weighted by Gasteiger charge is -2.42. The number of piperazine rings is 1. The molecule has 1 aromatic carbocycles. The fraction of sp³-hybridized carbons (Fsp3) is 0.464. The second-order valence-electron chi connectivity index (χ2n) is 10.5. The van der Waals surface area contributed by atoms with Gasteiger partial charge in [0.1, 0.15) is 10.8 Å². The zero-order chi connectivity index (χ0) is 26.4. The van der Waals surface area contributed by atoms with Crippen molar-refractivity contribution in [2.75, 3.05) is 39.3 Å². The molecule has 1 aliphatic carbocycles. The first-order valence-electron chi connectivity index (χ1n) is 13.3. The number of fused-ring (bicyclic) bond motifs is 1. The van der Waals surface area contributed by atoms with E-state index in [1.54, 1.807) is 35.0 Å². The molecular formula is C28H30ClF2N5O2. The first kappa shape index (κ1) is 25.2. The maximum atomic E-state index is 13.8. The quantitative estimate of drug-likeness (QED) is 0.443. The van der Waals surface area contributed by atoms with Crippen LogP contribution in [-0.4, -0.2) is 87.3 Å². The highest BCUT2D eigenvalue weighted by atomic mass is 35.5. The smallest absolute Gasteiger partial charge is 0.270 e. The third-order valence-corrected chi connectivity index (χ3v) is 8.42. The van der Waals surface area contributed by atoms with Crippen molar-refractivity contribution < 1.29 is 18.4 Å². The SMILES string of the molecule is O=C(c1ccc2c(c1)cc(C(=O)N1CCC(F)(F)CC1)n2-c1ccnc(Cl)c1)N1CCN(C2CCC2)CC1. The largest absolute Gasteiger partial charge is 0.337 e. The van der Waals surface area contributed by atoms with E-state index in [1.807, 2.05) is 17.0 Å². The Morgan fingerprint density at radius 2 is 1.61 bits per heavy atom. The average Bonchev–Trinajstić information content (AvgIpc) is 3.26. The molecule has 4 heterocycles. The summed E-state index contributed by atoms with van der Waals surface area (Å²) >= 11 is 6.16. The van der Waals surface area contributed by atoms with Gasteiger partial charge in [0.2, 0.25) is 0 Å². The molecule has 0 radical (unpaired) electrons. The molecule has 38 heavy (non-hydrogen) atoms. The Balaban J connectivity index is 1.31. The number of hydrogen-bond donors (Lipinski definition) is 0. The molecule has 3 aromatic rings. The van der Waals surface area contributed by atoms with E-state index in [2.05, 4.69) is 9.88 Å². The molecule has 2 saturated heterocycles. The lowest BCUT2D eigenvalue weighted by molar-refractivity contribution is -0.0495. The van der Waals surface area contributed by atoms with E-state index < -0.39 is 5.92 Å². The first-order valence-corrected chi connectivity index (χ1v) is 13.6. The summed E-state index contributed by atoms with van der Waals surface area (Å²) in [7, 11) is 0. The van der Waals surface area contributed by atoms with Gasteiger partial charge in [0.05, 0.1) is 11.2 Å². The fourth-order valence-electron chi connectivity index (χ4n) is 5.74. The Labute approximate surface area is 225 Å². The van der Waals surface area contributed by atoms with Crippen molar-refractivity contribution in [2.45, 2.75) is 44.1 Å². The van der Waals surface area contributed by atoms with E-state index in [9.17, 15) is 18.4 Å². The number of pyridine rings is 1. The van der Waals surface area contributed by atoms with E-state index in [0.717, 1.165) is 24.0 Å². The van der Waals surface area contributed by atoms with Crippen LogP contribution in [0.3, 0.4) is 0 Å². The minimum absolute atomic E-state index is 0.0129. The van der Waals surface area contributed by atoms with Crippen LogP contribution in [0.1, 0.15) is 53.0 Å². The Bertz CT molecular complexity index is 1370. The molecule has 0 unspecified atom stereocenters. The van der Waals surface area contributed by atoms with Crippen LogP contribution in [0.15, 0.2) is 42.6 Å². The third kappa shape index (κ3) is 4.78. The lowest BCUT2D eigenvalue weighted by atomic mass is 9.91. The Morgan fingerprint density at radius 1 is 0.895 bits per heavy atom. The highest BCUT2D eigenvalue weighted by Gasteiger charge is 2.37. The van der Waals surface area contributed by atoms with Gasteiger partial charge >= 0.3 is 0 Å². The summed E-state index contributed by atoms with van der Waals surface area (Å²) in [5.74, 6) is -3.10. The minimum Gasteiger partial charge on any atom is -0.337 e. The highest BCUT2D eigenvalue weighted by molar-refractivity contribution is 6.29. The van der Waals surface area contributed by atoms with E-state index in [-0.39, 0.29) is 42.9 Å². The number of carbonyl (C=O) groups excluding carboxylic acids is 2. The molecule has 1 saturated carbocycles. The molecule has 0 N–H and O–H groups in total. The van der Waals surface area contributed by atoms with Gasteiger partial charge in [0.15, 0.2) is 0 Å². The van der Waals surface area contributed by atoms with Crippen LogP contribution in [0.4, 0.5) is 8.78 Å². The highest BCUT2D eigenvalue weighted by Crippen LogP contribution is 2.32. The van der Waals surface area contributed by atoms with Gasteiger partial charge in [-0.25, -0.2) is 13.8 Å². The molecule has 6 rings (SSSR count). The lowest BCUT2D eigenvalue weighted by Crippen LogP contribution is -2.53. The summed E-state index contributed by atoms with van der Waals surface area (Å²) in [5, 5.41) is 0.996. The molecule has 2 aromatic heterocycles. The zero-order valence-electron chi connectivity index (χ0n) is 21.1. The Hall–Kier alpha value is -3.04. The number of rotatable bonds is 4. The molecule has 0 bridgehead atoms. The number of amides is 2. The average molecular weight is 542 g/mol. The summed E-state index contributed by atoms with van der Waals surface area (Å²) in [6.07, 6.45) is 4.65. The van der Waals surface area contributed by atoms with Crippen molar-refractivity contribution >= 4 is 34.3 Å². The molecule has 0 spiro atoms. The van der Waals surface area contributed by atoms with Gasteiger partial charge in [-0.2, -0.15) is 0 Å². The van der Waals surface area contributed by atoms with E-state index in [1.165, 1.54) is 24.2 Å². The zero-order valence-corrected chi connectivity index (χ0v) is 21.8. The van der Waals surface area contributed by atoms with Crippen LogP contribution in [0.2, 0.25) is 5.15 Å².